The van der Waals surface area contributed by atoms with Crippen LogP contribution < -0.4 is 10.2 Å². The molecule has 0 aliphatic rings. The van der Waals surface area contributed by atoms with Gasteiger partial charge in [0.15, 0.2) is 17.4 Å². The molecule has 0 aliphatic carbocycles. The number of benzene rings is 2. The molecule has 0 radical (unpaired) electrons. The minimum atomic E-state index is -0.759. The van der Waals surface area contributed by atoms with Crippen LogP contribution in [0.2, 0.25) is 0 Å². The Bertz CT molecular complexity index is 1020. The van der Waals surface area contributed by atoms with E-state index in [2.05, 4.69) is 15.5 Å². The van der Waals surface area contributed by atoms with Gasteiger partial charge in [0.05, 0.1) is 24.9 Å². The monoisotopic (exact) mass is 431 g/mol. The number of hydrogen-bond donors (Lipinski definition) is 1. The fourth-order valence-corrected chi connectivity index (χ4v) is 3.18. The van der Waals surface area contributed by atoms with Crippen molar-refractivity contribution in [3.63, 3.8) is 0 Å². The number of para-hydroxylation sites is 1. The van der Waals surface area contributed by atoms with Gasteiger partial charge in [0.25, 0.3) is 0 Å². The van der Waals surface area contributed by atoms with Gasteiger partial charge in [0.1, 0.15) is 6.61 Å². The lowest BCUT2D eigenvalue weighted by Gasteiger charge is -2.10. The Labute approximate surface area is 176 Å². The summed E-state index contributed by atoms with van der Waals surface area (Å²) in [7, 11) is 0. The highest BCUT2D eigenvalue weighted by molar-refractivity contribution is 7.13. The van der Waals surface area contributed by atoms with E-state index in [1.807, 2.05) is 6.07 Å². The maximum absolute atomic E-state index is 13.7. The predicted octanol–water partition coefficient (Wildman–Crippen LogP) is 4.55. The smallest absolute Gasteiger partial charge is 0.311 e. The van der Waals surface area contributed by atoms with Gasteiger partial charge in [-0.2, -0.15) is 5.10 Å². The van der Waals surface area contributed by atoms with Crippen LogP contribution in [-0.2, 0) is 22.6 Å². The van der Waals surface area contributed by atoms with Crippen molar-refractivity contribution >= 4 is 28.7 Å². The summed E-state index contributed by atoms with van der Waals surface area (Å²) in [6.45, 7) is 2.04. The number of hydrazone groups is 1. The quantitative estimate of drug-likeness (QED) is 0.306. The number of anilines is 1. The lowest BCUT2D eigenvalue weighted by molar-refractivity contribution is -0.142. The van der Waals surface area contributed by atoms with Gasteiger partial charge in [0, 0.05) is 10.9 Å². The van der Waals surface area contributed by atoms with Crippen LogP contribution in [0.1, 0.15) is 23.7 Å². The van der Waals surface area contributed by atoms with Crippen molar-refractivity contribution in [2.45, 2.75) is 20.0 Å². The van der Waals surface area contributed by atoms with E-state index in [9.17, 15) is 13.6 Å². The van der Waals surface area contributed by atoms with Gasteiger partial charge < -0.3 is 9.47 Å². The van der Waals surface area contributed by atoms with Crippen LogP contribution in [0, 0.1) is 11.6 Å². The number of aromatic nitrogens is 1. The van der Waals surface area contributed by atoms with Crippen molar-refractivity contribution < 1.29 is 23.0 Å². The summed E-state index contributed by atoms with van der Waals surface area (Å²) >= 11 is 1.31. The SMILES string of the molecule is CCOC(=O)Cc1csc(NN=Cc2ccccc2COc2c(F)cccc2F)n1. The molecule has 0 amide bonds. The third-order valence-corrected chi connectivity index (χ3v) is 4.69. The number of esters is 1. The van der Waals surface area contributed by atoms with E-state index in [0.717, 1.165) is 12.1 Å². The summed E-state index contributed by atoms with van der Waals surface area (Å²) in [4.78, 5) is 15.8. The van der Waals surface area contributed by atoms with Gasteiger partial charge in [-0.05, 0) is 24.6 Å². The van der Waals surface area contributed by atoms with E-state index in [0.29, 0.717) is 28.6 Å². The number of hydrogen-bond acceptors (Lipinski definition) is 7. The van der Waals surface area contributed by atoms with Crippen molar-refractivity contribution in [1.29, 1.82) is 0 Å². The van der Waals surface area contributed by atoms with E-state index in [-0.39, 0.29) is 19.0 Å². The summed E-state index contributed by atoms with van der Waals surface area (Å²) in [5.41, 5.74) is 4.81. The van der Waals surface area contributed by atoms with Crippen molar-refractivity contribution in [1.82, 2.24) is 4.98 Å². The van der Waals surface area contributed by atoms with Gasteiger partial charge in [-0.3, -0.25) is 10.2 Å². The van der Waals surface area contributed by atoms with Crippen LogP contribution in [0.4, 0.5) is 13.9 Å². The summed E-state index contributed by atoms with van der Waals surface area (Å²) in [6, 6.07) is 10.7. The molecule has 1 N–H and O–H groups in total. The molecule has 0 atom stereocenters. The Morgan fingerprint density at radius 1 is 1.20 bits per heavy atom. The molecule has 0 spiro atoms. The zero-order chi connectivity index (χ0) is 21.3. The third kappa shape index (κ3) is 5.84. The van der Waals surface area contributed by atoms with E-state index >= 15 is 0 Å². The Hall–Kier alpha value is -3.33. The molecule has 0 fully saturated rings. The fraction of sp³-hybridized carbons (Fsp3) is 0.190. The van der Waals surface area contributed by atoms with Gasteiger partial charge in [-0.1, -0.05) is 30.3 Å². The van der Waals surface area contributed by atoms with Crippen molar-refractivity contribution in [2.75, 3.05) is 12.0 Å². The van der Waals surface area contributed by atoms with Gasteiger partial charge >= 0.3 is 5.97 Å². The average Bonchev–Trinajstić information content (AvgIpc) is 3.16. The molecule has 1 aromatic heterocycles. The molecule has 0 aliphatic heterocycles. The first-order valence-corrected chi connectivity index (χ1v) is 9.98. The molecule has 3 aromatic rings. The Kier molecular flexibility index (Phi) is 7.45. The maximum Gasteiger partial charge on any atom is 0.311 e. The van der Waals surface area contributed by atoms with Gasteiger partial charge in [-0.25, -0.2) is 13.8 Å². The molecular formula is C21H19F2N3O3S. The number of nitrogens with zero attached hydrogens (tertiary/aromatic N) is 2. The number of ether oxygens (including phenoxy) is 2. The van der Waals surface area contributed by atoms with Crippen LogP contribution in [0.15, 0.2) is 52.9 Å². The maximum atomic E-state index is 13.7. The van der Waals surface area contributed by atoms with Crippen LogP contribution in [0.5, 0.6) is 5.75 Å². The highest BCUT2D eigenvalue weighted by atomic mass is 32.1. The van der Waals surface area contributed by atoms with E-state index in [1.165, 1.54) is 17.4 Å². The number of carbonyl (C=O) groups excluding carboxylic acids is 1. The first kappa shape index (κ1) is 21.4. The zero-order valence-electron chi connectivity index (χ0n) is 16.1. The molecule has 3 rings (SSSR count). The molecule has 6 nitrogen and oxygen atoms in total. The second-order valence-electron chi connectivity index (χ2n) is 6.03. The minimum absolute atomic E-state index is 0.0268. The van der Waals surface area contributed by atoms with E-state index in [1.54, 1.807) is 36.7 Å². The number of nitrogens with one attached hydrogen (secondary N) is 1. The standard InChI is InChI=1S/C21H19F2N3O3S/c1-2-28-19(27)10-16-13-30-21(25-16)26-24-11-14-6-3-4-7-15(14)12-29-20-17(22)8-5-9-18(20)23/h3-9,11,13H,2,10,12H2,1H3,(H,25,26). The lowest BCUT2D eigenvalue weighted by Crippen LogP contribution is -2.07. The molecule has 0 unspecified atom stereocenters. The molecular weight excluding hydrogens is 412 g/mol. The third-order valence-electron chi connectivity index (χ3n) is 3.89. The summed E-state index contributed by atoms with van der Waals surface area (Å²) in [6.07, 6.45) is 1.66. The van der Waals surface area contributed by atoms with Crippen molar-refractivity contribution in [3.05, 3.63) is 76.3 Å². The minimum Gasteiger partial charge on any atom is -0.483 e. The van der Waals surface area contributed by atoms with Crippen molar-refractivity contribution in [3.8, 4) is 5.75 Å². The average molecular weight is 431 g/mol. The summed E-state index contributed by atoms with van der Waals surface area (Å²) < 4.78 is 37.7. The Morgan fingerprint density at radius 2 is 1.97 bits per heavy atom. The Morgan fingerprint density at radius 3 is 2.73 bits per heavy atom. The molecule has 1 heterocycles. The molecule has 0 saturated carbocycles. The molecule has 0 bridgehead atoms. The van der Waals surface area contributed by atoms with Crippen LogP contribution in [-0.4, -0.2) is 23.8 Å². The summed E-state index contributed by atoms with van der Waals surface area (Å²) in [5, 5.41) is 6.42. The van der Waals surface area contributed by atoms with Gasteiger partial charge in [0.2, 0.25) is 5.13 Å². The Balaban J connectivity index is 1.61. The summed E-state index contributed by atoms with van der Waals surface area (Å²) in [5.74, 6) is -2.27. The van der Waals surface area contributed by atoms with Crippen LogP contribution in [0.3, 0.4) is 0 Å². The second-order valence-corrected chi connectivity index (χ2v) is 6.89. The molecule has 9 heteroatoms. The van der Waals surface area contributed by atoms with Gasteiger partial charge in [-0.15, -0.1) is 11.3 Å². The second kappa shape index (κ2) is 10.4. The van der Waals surface area contributed by atoms with Crippen LogP contribution >= 0.6 is 11.3 Å². The van der Waals surface area contributed by atoms with Crippen molar-refractivity contribution in [2.24, 2.45) is 5.10 Å². The number of halogens is 2. The highest BCUT2D eigenvalue weighted by Crippen LogP contribution is 2.22. The predicted molar refractivity (Wildman–Crippen MR) is 111 cm³/mol. The number of rotatable bonds is 9. The normalized spacial score (nSPS) is 10.9. The number of thiazole rings is 1. The lowest BCUT2D eigenvalue weighted by atomic mass is 10.1. The molecule has 156 valence electrons. The zero-order valence-corrected chi connectivity index (χ0v) is 16.9. The first-order chi connectivity index (χ1) is 14.6. The van der Waals surface area contributed by atoms with E-state index < -0.39 is 17.4 Å². The topological polar surface area (TPSA) is 72.8 Å². The fourth-order valence-electron chi connectivity index (χ4n) is 2.52. The molecule has 30 heavy (non-hydrogen) atoms. The van der Waals surface area contributed by atoms with E-state index in [4.69, 9.17) is 9.47 Å². The molecule has 0 saturated heterocycles. The number of carbonyl (C=O) groups is 1. The molecule has 2 aromatic carbocycles. The largest absolute Gasteiger partial charge is 0.483 e. The highest BCUT2D eigenvalue weighted by Gasteiger charge is 2.11. The van der Waals surface area contributed by atoms with Crippen LogP contribution in [0.25, 0.3) is 0 Å². The first-order valence-electron chi connectivity index (χ1n) is 9.10.